The lowest BCUT2D eigenvalue weighted by Crippen LogP contribution is -2.01. The minimum atomic E-state index is 0.409. The van der Waals surface area contributed by atoms with E-state index in [9.17, 15) is 0 Å². The van der Waals surface area contributed by atoms with Crippen molar-refractivity contribution in [3.63, 3.8) is 0 Å². The highest BCUT2D eigenvalue weighted by Gasteiger charge is 2.04. The minimum absolute atomic E-state index is 0.409. The van der Waals surface area contributed by atoms with Crippen LogP contribution in [0.4, 0.5) is 0 Å². The van der Waals surface area contributed by atoms with Crippen molar-refractivity contribution in [2.75, 3.05) is 0 Å². The molecule has 0 unspecified atom stereocenters. The average molecular weight is 171 g/mol. The van der Waals surface area contributed by atoms with E-state index in [-0.39, 0.29) is 0 Å². The van der Waals surface area contributed by atoms with Crippen LogP contribution >= 0.6 is 0 Å². The molecule has 13 heavy (non-hydrogen) atoms. The monoisotopic (exact) mass is 171 g/mol. The van der Waals surface area contributed by atoms with Gasteiger partial charge in [0.1, 0.15) is 18.0 Å². The van der Waals surface area contributed by atoms with Crippen LogP contribution in [0.2, 0.25) is 0 Å². The average Bonchev–Trinajstić information content (AvgIpc) is 2.70. The number of nitrogens with zero attached hydrogens (tertiary/aromatic N) is 5. The van der Waals surface area contributed by atoms with Crippen LogP contribution in [0.3, 0.4) is 0 Å². The van der Waals surface area contributed by atoms with Crippen LogP contribution in [-0.4, -0.2) is 19.7 Å². The second-order valence-electron chi connectivity index (χ2n) is 2.32. The van der Waals surface area contributed by atoms with Gasteiger partial charge >= 0.3 is 0 Å². The van der Waals surface area contributed by atoms with E-state index in [1.807, 2.05) is 6.07 Å². The lowest BCUT2D eigenvalue weighted by atomic mass is 10.3. The zero-order valence-corrected chi connectivity index (χ0v) is 6.62. The van der Waals surface area contributed by atoms with E-state index < -0.39 is 0 Å². The van der Waals surface area contributed by atoms with Gasteiger partial charge in [0.2, 0.25) is 0 Å². The Morgan fingerprint density at radius 3 is 3.08 bits per heavy atom. The molecule has 0 radical (unpaired) electrons. The molecule has 0 saturated carbocycles. The molecule has 0 saturated heterocycles. The van der Waals surface area contributed by atoms with Gasteiger partial charge in [-0.2, -0.15) is 10.4 Å². The molecule has 0 amide bonds. The summed E-state index contributed by atoms with van der Waals surface area (Å²) in [6.07, 6.45) is 6.20. The van der Waals surface area contributed by atoms with E-state index in [2.05, 4.69) is 15.1 Å². The molecule has 0 aromatic carbocycles. The molecule has 62 valence electrons. The maximum absolute atomic E-state index is 8.75. The summed E-state index contributed by atoms with van der Waals surface area (Å²) in [5.41, 5.74) is 0.409. The van der Waals surface area contributed by atoms with E-state index in [0.29, 0.717) is 11.4 Å². The molecule has 0 bridgehead atoms. The third-order valence-electron chi connectivity index (χ3n) is 1.53. The van der Waals surface area contributed by atoms with E-state index in [4.69, 9.17) is 5.26 Å². The maximum Gasteiger partial charge on any atom is 0.174 e. The zero-order chi connectivity index (χ0) is 9.10. The Kier molecular flexibility index (Phi) is 1.73. The predicted octanol–water partition coefficient (Wildman–Crippen LogP) is 0.534. The first-order valence-corrected chi connectivity index (χ1v) is 3.62. The standard InChI is InChI=1S/C8H5N5/c9-4-7-5-10-6-11-8(7)13-3-1-2-12-13/h1-3,5-6H. The molecule has 2 rings (SSSR count). The van der Waals surface area contributed by atoms with Crippen molar-refractivity contribution in [1.29, 1.82) is 5.26 Å². The van der Waals surface area contributed by atoms with E-state index in [1.54, 1.807) is 18.5 Å². The minimum Gasteiger partial charge on any atom is -0.243 e. The predicted molar refractivity (Wildman–Crippen MR) is 43.9 cm³/mol. The van der Waals surface area contributed by atoms with Gasteiger partial charge in [0.05, 0.1) is 6.20 Å². The summed E-state index contributed by atoms with van der Waals surface area (Å²) in [6.45, 7) is 0. The van der Waals surface area contributed by atoms with E-state index in [1.165, 1.54) is 17.2 Å². The van der Waals surface area contributed by atoms with Crippen LogP contribution in [0.1, 0.15) is 5.56 Å². The topological polar surface area (TPSA) is 67.4 Å². The fourth-order valence-electron chi connectivity index (χ4n) is 0.979. The van der Waals surface area contributed by atoms with Gasteiger partial charge in [-0.25, -0.2) is 14.6 Å². The van der Waals surface area contributed by atoms with Gasteiger partial charge in [0.25, 0.3) is 0 Å². The normalized spacial score (nSPS) is 9.46. The second kappa shape index (κ2) is 3.03. The van der Waals surface area contributed by atoms with Crippen molar-refractivity contribution in [2.45, 2.75) is 0 Å². The third-order valence-corrected chi connectivity index (χ3v) is 1.53. The second-order valence-corrected chi connectivity index (χ2v) is 2.32. The summed E-state index contributed by atoms with van der Waals surface area (Å²) in [4.78, 5) is 7.71. The fourth-order valence-corrected chi connectivity index (χ4v) is 0.979. The molecule has 0 aliphatic rings. The molecular formula is C8H5N5. The van der Waals surface area contributed by atoms with Gasteiger partial charge in [0.15, 0.2) is 5.82 Å². The first-order valence-electron chi connectivity index (χ1n) is 3.62. The number of aromatic nitrogens is 4. The summed E-state index contributed by atoms with van der Waals surface area (Å²) in [6, 6.07) is 3.77. The molecule has 0 aliphatic heterocycles. The number of hydrogen-bond acceptors (Lipinski definition) is 4. The first-order chi connectivity index (χ1) is 6.42. The molecule has 0 aliphatic carbocycles. The van der Waals surface area contributed by atoms with Crippen molar-refractivity contribution in [1.82, 2.24) is 19.7 Å². The molecule has 0 N–H and O–H groups in total. The number of nitriles is 1. The van der Waals surface area contributed by atoms with Crippen LogP contribution in [0.15, 0.2) is 31.0 Å². The third kappa shape index (κ3) is 1.25. The summed E-state index contributed by atoms with van der Waals surface area (Å²) in [7, 11) is 0. The van der Waals surface area contributed by atoms with Gasteiger partial charge in [0, 0.05) is 12.4 Å². The van der Waals surface area contributed by atoms with Gasteiger partial charge in [-0.1, -0.05) is 0 Å². The number of rotatable bonds is 1. The van der Waals surface area contributed by atoms with Gasteiger partial charge in [-0.05, 0) is 6.07 Å². The van der Waals surface area contributed by atoms with Crippen LogP contribution in [0, 0.1) is 11.3 Å². The van der Waals surface area contributed by atoms with Crippen molar-refractivity contribution >= 4 is 0 Å². The molecule has 0 fully saturated rings. The first kappa shape index (κ1) is 7.43. The zero-order valence-electron chi connectivity index (χ0n) is 6.62. The molecule has 5 heteroatoms. The van der Waals surface area contributed by atoms with E-state index in [0.717, 1.165) is 0 Å². The molecule has 2 heterocycles. The maximum atomic E-state index is 8.75. The van der Waals surface area contributed by atoms with Gasteiger partial charge in [-0.15, -0.1) is 0 Å². The van der Waals surface area contributed by atoms with Crippen molar-refractivity contribution < 1.29 is 0 Å². The van der Waals surface area contributed by atoms with Gasteiger partial charge in [-0.3, -0.25) is 0 Å². The van der Waals surface area contributed by atoms with Crippen LogP contribution in [-0.2, 0) is 0 Å². The highest BCUT2D eigenvalue weighted by atomic mass is 15.3. The van der Waals surface area contributed by atoms with Gasteiger partial charge < -0.3 is 0 Å². The lowest BCUT2D eigenvalue weighted by Gasteiger charge is -1.99. The summed E-state index contributed by atoms with van der Waals surface area (Å²) >= 11 is 0. The quantitative estimate of drug-likeness (QED) is 0.627. The Labute approximate surface area is 74.3 Å². The largest absolute Gasteiger partial charge is 0.243 e. The Morgan fingerprint density at radius 2 is 2.38 bits per heavy atom. The molecule has 2 aromatic rings. The van der Waals surface area contributed by atoms with Crippen molar-refractivity contribution in [2.24, 2.45) is 0 Å². The molecule has 0 spiro atoms. The molecule has 5 nitrogen and oxygen atoms in total. The summed E-state index contributed by atoms with van der Waals surface area (Å²) in [5, 5.41) is 12.7. The summed E-state index contributed by atoms with van der Waals surface area (Å²) < 4.78 is 1.53. The molecular weight excluding hydrogens is 166 g/mol. The Bertz CT molecular complexity index is 440. The smallest absolute Gasteiger partial charge is 0.174 e. The SMILES string of the molecule is N#Cc1cncnc1-n1cccn1. The lowest BCUT2D eigenvalue weighted by molar-refractivity contribution is 0.835. The van der Waals surface area contributed by atoms with Crippen molar-refractivity contribution in [3.8, 4) is 11.9 Å². The van der Waals surface area contributed by atoms with Crippen LogP contribution < -0.4 is 0 Å². The molecule has 0 atom stereocenters. The van der Waals surface area contributed by atoms with Crippen molar-refractivity contribution in [3.05, 3.63) is 36.5 Å². The Hall–Kier alpha value is -2.22. The highest BCUT2D eigenvalue weighted by Crippen LogP contribution is 2.06. The van der Waals surface area contributed by atoms with Crippen LogP contribution in [0.25, 0.3) is 5.82 Å². The van der Waals surface area contributed by atoms with Crippen LogP contribution in [0.5, 0.6) is 0 Å². The number of hydrogen-bond donors (Lipinski definition) is 0. The van der Waals surface area contributed by atoms with E-state index >= 15 is 0 Å². The fraction of sp³-hybridized carbons (Fsp3) is 0. The summed E-state index contributed by atoms with van der Waals surface area (Å²) in [5.74, 6) is 0.502. The molecule has 2 aromatic heterocycles. The highest BCUT2D eigenvalue weighted by molar-refractivity contribution is 5.40. The Balaban J connectivity index is 2.59. The Morgan fingerprint density at radius 1 is 1.46 bits per heavy atom.